The Balaban J connectivity index is 1.78. The van der Waals surface area contributed by atoms with Crippen LogP contribution in [0.4, 0.5) is 0 Å². The SMILES string of the molecule is CCOC(=O)[C@@H]1CCC[NH+](CC(=O)NCc2ccccc2C)C1. The van der Waals surface area contributed by atoms with E-state index in [-0.39, 0.29) is 17.8 Å². The minimum Gasteiger partial charge on any atom is -0.466 e. The lowest BCUT2D eigenvalue weighted by molar-refractivity contribution is -0.899. The Morgan fingerprint density at radius 1 is 1.35 bits per heavy atom. The molecule has 0 saturated carbocycles. The lowest BCUT2D eigenvalue weighted by Gasteiger charge is -2.28. The summed E-state index contributed by atoms with van der Waals surface area (Å²) in [7, 11) is 0. The second-order valence-electron chi connectivity index (χ2n) is 6.18. The summed E-state index contributed by atoms with van der Waals surface area (Å²) < 4.78 is 5.10. The summed E-state index contributed by atoms with van der Waals surface area (Å²) in [5.74, 6) is -0.152. The summed E-state index contributed by atoms with van der Waals surface area (Å²) in [6.45, 7) is 6.89. The molecule has 1 unspecified atom stereocenters. The first-order valence-electron chi connectivity index (χ1n) is 8.41. The number of quaternary nitrogens is 1. The fourth-order valence-electron chi connectivity index (χ4n) is 3.06. The lowest BCUT2D eigenvalue weighted by Crippen LogP contribution is -3.14. The topological polar surface area (TPSA) is 59.8 Å². The van der Waals surface area contributed by atoms with Gasteiger partial charge in [0.1, 0.15) is 5.92 Å². The van der Waals surface area contributed by atoms with Gasteiger partial charge in [-0.25, -0.2) is 0 Å². The molecule has 5 nitrogen and oxygen atoms in total. The highest BCUT2D eigenvalue weighted by Crippen LogP contribution is 2.09. The van der Waals surface area contributed by atoms with Gasteiger partial charge in [-0.05, 0) is 37.8 Å². The van der Waals surface area contributed by atoms with Gasteiger partial charge in [0, 0.05) is 6.54 Å². The molecule has 23 heavy (non-hydrogen) atoms. The van der Waals surface area contributed by atoms with Crippen molar-refractivity contribution in [3.8, 4) is 0 Å². The Hall–Kier alpha value is -1.88. The van der Waals surface area contributed by atoms with Crippen molar-refractivity contribution in [1.82, 2.24) is 5.32 Å². The standard InChI is InChI=1S/C18H26N2O3/c1-3-23-18(22)16-9-6-10-20(12-16)13-17(21)19-11-15-8-5-4-7-14(15)2/h4-5,7-8,16H,3,6,9-13H2,1-2H3,(H,19,21)/p+1/t16-/m1/s1. The number of benzene rings is 1. The van der Waals surface area contributed by atoms with Crippen LogP contribution in [-0.4, -0.2) is 38.1 Å². The highest BCUT2D eigenvalue weighted by atomic mass is 16.5. The fraction of sp³-hybridized carbons (Fsp3) is 0.556. The molecular weight excluding hydrogens is 292 g/mol. The normalized spacial score (nSPS) is 20.8. The van der Waals surface area contributed by atoms with Crippen LogP contribution in [-0.2, 0) is 20.9 Å². The minimum absolute atomic E-state index is 0.0350. The first kappa shape index (κ1) is 17.5. The van der Waals surface area contributed by atoms with E-state index in [2.05, 4.69) is 5.32 Å². The molecule has 5 heteroatoms. The van der Waals surface area contributed by atoms with Gasteiger partial charge in [-0.1, -0.05) is 24.3 Å². The number of piperidine rings is 1. The van der Waals surface area contributed by atoms with Crippen molar-refractivity contribution >= 4 is 11.9 Å². The van der Waals surface area contributed by atoms with E-state index < -0.39 is 0 Å². The van der Waals surface area contributed by atoms with Crippen molar-refractivity contribution in [2.24, 2.45) is 5.92 Å². The molecule has 0 spiro atoms. The Kier molecular flexibility index (Phi) is 6.59. The van der Waals surface area contributed by atoms with Crippen molar-refractivity contribution in [1.29, 1.82) is 0 Å². The van der Waals surface area contributed by atoms with Crippen molar-refractivity contribution in [3.63, 3.8) is 0 Å². The van der Waals surface area contributed by atoms with Gasteiger partial charge in [-0.2, -0.15) is 0 Å². The van der Waals surface area contributed by atoms with Gasteiger partial charge in [0.2, 0.25) is 0 Å². The zero-order valence-electron chi connectivity index (χ0n) is 14.1. The lowest BCUT2D eigenvalue weighted by atomic mass is 9.98. The molecule has 0 aromatic heterocycles. The van der Waals surface area contributed by atoms with Crippen molar-refractivity contribution < 1.29 is 19.2 Å². The molecule has 1 aromatic carbocycles. The molecule has 0 aliphatic carbocycles. The van der Waals surface area contributed by atoms with Crippen LogP contribution < -0.4 is 10.2 Å². The Morgan fingerprint density at radius 2 is 2.13 bits per heavy atom. The molecule has 1 fully saturated rings. The predicted octanol–water partition coefficient (Wildman–Crippen LogP) is 0.469. The number of hydrogen-bond donors (Lipinski definition) is 2. The number of rotatable bonds is 6. The van der Waals surface area contributed by atoms with E-state index in [9.17, 15) is 9.59 Å². The molecule has 126 valence electrons. The number of likely N-dealkylation sites (tertiary alicyclic amines) is 1. The van der Waals surface area contributed by atoms with E-state index in [1.165, 1.54) is 5.56 Å². The van der Waals surface area contributed by atoms with Gasteiger partial charge in [0.05, 0.1) is 19.7 Å². The number of amides is 1. The van der Waals surface area contributed by atoms with E-state index >= 15 is 0 Å². The van der Waals surface area contributed by atoms with Crippen LogP contribution in [0.25, 0.3) is 0 Å². The second kappa shape index (κ2) is 8.67. The average molecular weight is 319 g/mol. The Bertz CT molecular complexity index is 545. The van der Waals surface area contributed by atoms with Gasteiger partial charge in [0.25, 0.3) is 5.91 Å². The quantitative estimate of drug-likeness (QED) is 0.750. The molecule has 2 rings (SSSR count). The van der Waals surface area contributed by atoms with Crippen molar-refractivity contribution in [2.75, 3.05) is 26.2 Å². The van der Waals surface area contributed by atoms with Crippen molar-refractivity contribution in [3.05, 3.63) is 35.4 Å². The van der Waals surface area contributed by atoms with Crippen LogP contribution in [0.1, 0.15) is 30.9 Å². The van der Waals surface area contributed by atoms with Crippen LogP contribution in [0.5, 0.6) is 0 Å². The van der Waals surface area contributed by atoms with Gasteiger partial charge in [-0.3, -0.25) is 9.59 Å². The maximum Gasteiger partial charge on any atom is 0.314 e. The summed E-state index contributed by atoms with van der Waals surface area (Å²) in [6.07, 6.45) is 1.83. The minimum atomic E-state index is -0.120. The summed E-state index contributed by atoms with van der Waals surface area (Å²) in [6, 6.07) is 8.05. The molecule has 1 saturated heterocycles. The number of carbonyl (C=O) groups excluding carboxylic acids is 2. The van der Waals surface area contributed by atoms with E-state index in [4.69, 9.17) is 4.74 Å². The highest BCUT2D eigenvalue weighted by Gasteiger charge is 2.30. The van der Waals surface area contributed by atoms with Gasteiger partial charge >= 0.3 is 5.97 Å². The number of carbonyl (C=O) groups is 2. The molecule has 1 amide bonds. The van der Waals surface area contributed by atoms with Crippen LogP contribution in [0, 0.1) is 12.8 Å². The molecule has 2 atom stereocenters. The maximum absolute atomic E-state index is 12.2. The zero-order chi connectivity index (χ0) is 16.7. The predicted molar refractivity (Wildman–Crippen MR) is 87.9 cm³/mol. The number of nitrogens with one attached hydrogen (secondary N) is 2. The second-order valence-corrected chi connectivity index (χ2v) is 6.18. The summed E-state index contributed by atoms with van der Waals surface area (Å²) in [5, 5.41) is 2.98. The van der Waals surface area contributed by atoms with E-state index in [1.807, 2.05) is 38.1 Å². The monoisotopic (exact) mass is 319 g/mol. The third kappa shape index (κ3) is 5.36. The van der Waals surface area contributed by atoms with Crippen molar-refractivity contribution in [2.45, 2.75) is 33.2 Å². The Morgan fingerprint density at radius 3 is 2.87 bits per heavy atom. The first-order chi connectivity index (χ1) is 11.1. The number of hydrogen-bond acceptors (Lipinski definition) is 3. The zero-order valence-corrected chi connectivity index (χ0v) is 14.1. The smallest absolute Gasteiger partial charge is 0.314 e. The van der Waals surface area contributed by atoms with Crippen LogP contribution >= 0.6 is 0 Å². The molecule has 1 aromatic rings. The molecular formula is C18H27N2O3+. The van der Waals surface area contributed by atoms with Crippen LogP contribution in [0.15, 0.2) is 24.3 Å². The fourth-order valence-corrected chi connectivity index (χ4v) is 3.06. The number of esters is 1. The third-order valence-electron chi connectivity index (χ3n) is 4.39. The van der Waals surface area contributed by atoms with Gasteiger partial charge < -0.3 is 15.0 Å². The molecule has 0 radical (unpaired) electrons. The third-order valence-corrected chi connectivity index (χ3v) is 4.39. The maximum atomic E-state index is 12.2. The largest absolute Gasteiger partial charge is 0.466 e. The van der Waals surface area contributed by atoms with Crippen LogP contribution in [0.2, 0.25) is 0 Å². The van der Waals surface area contributed by atoms with Gasteiger partial charge in [0.15, 0.2) is 6.54 Å². The Labute approximate surface area is 138 Å². The van der Waals surface area contributed by atoms with E-state index in [0.717, 1.165) is 29.8 Å². The summed E-state index contributed by atoms with van der Waals surface area (Å²) in [4.78, 5) is 25.2. The molecule has 1 heterocycles. The molecule has 1 aliphatic rings. The van der Waals surface area contributed by atoms with Crippen LogP contribution in [0.3, 0.4) is 0 Å². The number of aryl methyl sites for hydroxylation is 1. The van der Waals surface area contributed by atoms with E-state index in [1.54, 1.807) is 0 Å². The first-order valence-corrected chi connectivity index (χ1v) is 8.41. The summed E-state index contributed by atoms with van der Waals surface area (Å²) >= 11 is 0. The molecule has 0 bridgehead atoms. The van der Waals surface area contributed by atoms with Gasteiger partial charge in [-0.15, -0.1) is 0 Å². The highest BCUT2D eigenvalue weighted by molar-refractivity contribution is 5.77. The molecule has 1 aliphatic heterocycles. The average Bonchev–Trinajstić information content (AvgIpc) is 2.54. The van der Waals surface area contributed by atoms with E-state index in [0.29, 0.717) is 26.2 Å². The number of ether oxygens (including phenoxy) is 1. The molecule has 2 N–H and O–H groups in total. The summed E-state index contributed by atoms with van der Waals surface area (Å²) in [5.41, 5.74) is 2.32.